The molecule has 226 valence electrons. The monoisotopic (exact) mass is 579 g/mol. The lowest BCUT2D eigenvalue weighted by Gasteiger charge is -2.37. The summed E-state index contributed by atoms with van der Waals surface area (Å²) in [6, 6.07) is 8.30. The Balaban J connectivity index is 1.58. The molecule has 0 bridgehead atoms. The number of rotatable bonds is 10. The summed E-state index contributed by atoms with van der Waals surface area (Å²) < 4.78 is 15.2. The summed E-state index contributed by atoms with van der Waals surface area (Å²) in [5.41, 5.74) is 7.71. The highest BCUT2D eigenvalue weighted by molar-refractivity contribution is 5.93. The van der Waals surface area contributed by atoms with Crippen molar-refractivity contribution in [1.29, 1.82) is 0 Å². The van der Waals surface area contributed by atoms with Crippen LogP contribution in [-0.4, -0.2) is 81.7 Å². The Kier molecular flexibility index (Phi) is 9.50. The minimum absolute atomic E-state index is 0.157. The maximum atomic E-state index is 14.0. The molecule has 10 nitrogen and oxygen atoms in total. The summed E-state index contributed by atoms with van der Waals surface area (Å²) in [5, 5.41) is 5.87. The zero-order valence-corrected chi connectivity index (χ0v) is 25.1. The molecule has 0 radical (unpaired) electrons. The van der Waals surface area contributed by atoms with Gasteiger partial charge in [0.1, 0.15) is 23.2 Å². The van der Waals surface area contributed by atoms with Crippen LogP contribution in [0, 0.1) is 11.2 Å². The molecule has 1 fully saturated rings. The third-order valence-corrected chi connectivity index (χ3v) is 7.88. The van der Waals surface area contributed by atoms with Gasteiger partial charge < -0.3 is 30.6 Å². The van der Waals surface area contributed by atoms with Gasteiger partial charge in [0.25, 0.3) is 5.91 Å². The second-order valence-corrected chi connectivity index (χ2v) is 12.1. The highest BCUT2D eigenvalue weighted by Gasteiger charge is 2.41. The van der Waals surface area contributed by atoms with E-state index < -0.39 is 17.5 Å². The highest BCUT2D eigenvalue weighted by atomic mass is 19.1. The Labute approximate surface area is 246 Å². The van der Waals surface area contributed by atoms with E-state index >= 15 is 0 Å². The lowest BCUT2D eigenvalue weighted by Crippen LogP contribution is -2.59. The van der Waals surface area contributed by atoms with Crippen molar-refractivity contribution in [2.45, 2.75) is 65.1 Å². The smallest absolute Gasteiger partial charge is 0.274 e. The molecule has 3 amide bonds. The minimum atomic E-state index is -0.728. The number of nitrogens with one attached hydrogen (secondary N) is 2. The molecule has 3 heterocycles. The number of nitrogens with two attached hydrogens (primary N) is 1. The van der Waals surface area contributed by atoms with Crippen LogP contribution in [0.1, 0.15) is 56.6 Å². The van der Waals surface area contributed by atoms with Crippen molar-refractivity contribution >= 4 is 29.1 Å². The molecule has 0 unspecified atom stereocenters. The van der Waals surface area contributed by atoms with E-state index in [1.807, 2.05) is 25.7 Å². The number of nitrogens with zero attached hydrogens (tertiary/aromatic N) is 4. The molecule has 42 heavy (non-hydrogen) atoms. The molecule has 0 aliphatic carbocycles. The number of hydrogen-bond acceptors (Lipinski definition) is 6. The largest absolute Gasteiger partial charge is 0.398 e. The molecule has 4 N–H and O–H groups in total. The summed E-state index contributed by atoms with van der Waals surface area (Å²) in [4.78, 5) is 48.6. The van der Waals surface area contributed by atoms with Gasteiger partial charge in [-0.25, -0.2) is 9.37 Å². The number of halogens is 1. The van der Waals surface area contributed by atoms with Crippen LogP contribution in [-0.2, 0) is 16.0 Å². The first-order valence-electron chi connectivity index (χ1n) is 14.4. The van der Waals surface area contributed by atoms with Crippen LogP contribution in [0.25, 0.3) is 5.65 Å². The summed E-state index contributed by atoms with van der Waals surface area (Å²) in [7, 11) is 1.70. The number of benzene rings is 1. The van der Waals surface area contributed by atoms with Crippen LogP contribution in [0.15, 0.2) is 48.8 Å². The van der Waals surface area contributed by atoms with Crippen LogP contribution in [0.3, 0.4) is 0 Å². The van der Waals surface area contributed by atoms with Gasteiger partial charge in [-0.15, -0.1) is 0 Å². The van der Waals surface area contributed by atoms with Gasteiger partial charge in [0.2, 0.25) is 11.8 Å². The summed E-state index contributed by atoms with van der Waals surface area (Å²) >= 11 is 0. The van der Waals surface area contributed by atoms with E-state index in [1.54, 1.807) is 59.9 Å². The number of carbonyl (C=O) groups is 3. The van der Waals surface area contributed by atoms with Crippen LogP contribution < -0.4 is 16.4 Å². The van der Waals surface area contributed by atoms with Crippen LogP contribution >= 0.6 is 0 Å². The van der Waals surface area contributed by atoms with Crippen LogP contribution in [0.5, 0.6) is 0 Å². The first-order chi connectivity index (χ1) is 19.9. The van der Waals surface area contributed by atoms with Gasteiger partial charge in [0, 0.05) is 43.8 Å². The van der Waals surface area contributed by atoms with Crippen molar-refractivity contribution in [2.75, 3.05) is 32.4 Å². The molecule has 4 rings (SSSR count). The molecule has 1 aliphatic rings. The predicted molar refractivity (Wildman–Crippen MR) is 160 cm³/mol. The fraction of sp³-hybridized carbons (Fsp3) is 0.484. The van der Waals surface area contributed by atoms with Gasteiger partial charge in [0.15, 0.2) is 0 Å². The Morgan fingerprint density at radius 1 is 1.14 bits per heavy atom. The van der Waals surface area contributed by atoms with E-state index in [1.165, 1.54) is 12.1 Å². The number of anilines is 1. The van der Waals surface area contributed by atoms with Gasteiger partial charge in [-0.05, 0) is 68.5 Å². The number of fused-ring (bicyclic) bond motifs is 1. The van der Waals surface area contributed by atoms with Gasteiger partial charge in [-0.3, -0.25) is 14.4 Å². The Morgan fingerprint density at radius 3 is 2.52 bits per heavy atom. The number of amides is 3. The quantitative estimate of drug-likeness (QED) is 0.339. The van der Waals surface area contributed by atoms with Gasteiger partial charge in [-0.1, -0.05) is 32.9 Å². The topological polar surface area (TPSA) is 125 Å². The van der Waals surface area contributed by atoms with Gasteiger partial charge in [-0.2, -0.15) is 0 Å². The van der Waals surface area contributed by atoms with Crippen molar-refractivity contribution in [3.05, 3.63) is 65.9 Å². The summed E-state index contributed by atoms with van der Waals surface area (Å²) in [6.07, 6.45) is 5.39. The van der Waals surface area contributed by atoms with E-state index in [2.05, 4.69) is 15.6 Å². The molecule has 3 atom stereocenters. The lowest BCUT2D eigenvalue weighted by molar-refractivity contribution is -0.140. The zero-order valence-electron chi connectivity index (χ0n) is 25.1. The van der Waals surface area contributed by atoms with Crippen LogP contribution in [0.2, 0.25) is 0 Å². The van der Waals surface area contributed by atoms with E-state index in [9.17, 15) is 18.8 Å². The molecule has 3 aromatic rings. The summed E-state index contributed by atoms with van der Waals surface area (Å²) in [6.45, 7) is 8.74. The minimum Gasteiger partial charge on any atom is -0.398 e. The molecule has 0 saturated carbocycles. The van der Waals surface area contributed by atoms with E-state index in [4.69, 9.17) is 5.73 Å². The molecule has 1 aromatic carbocycles. The number of likely N-dealkylation sites (tertiary alicyclic amines) is 1. The number of nitrogen functional groups attached to an aromatic ring is 1. The summed E-state index contributed by atoms with van der Waals surface area (Å²) in [5.74, 6) is -0.983. The average Bonchev–Trinajstić information content (AvgIpc) is 3.59. The van der Waals surface area contributed by atoms with E-state index in [0.717, 1.165) is 18.4 Å². The Bertz CT molecular complexity index is 1420. The standard InChI is InChI=1S/C31H42FN7O3/c1-20(34-5)28(40)36-27(31(2,3)4)30(42)39-15-6-7-24(39)18-37(16-14-21-8-10-22(32)11-9-21)29(41)25-19-38-17-23(33)12-13-26(38)35-25/h8-13,17,19-20,24,27,34H,6-7,14-16,18,33H2,1-5H3,(H,36,40)/t20-,24-,27+/m0/s1. The maximum absolute atomic E-state index is 14.0. The first kappa shape index (κ1) is 31.0. The van der Waals surface area contributed by atoms with E-state index in [0.29, 0.717) is 37.4 Å². The van der Waals surface area contributed by atoms with Crippen molar-refractivity contribution in [1.82, 2.24) is 29.8 Å². The molecule has 0 spiro atoms. The average molecular weight is 580 g/mol. The fourth-order valence-electron chi connectivity index (χ4n) is 5.25. The predicted octanol–water partition coefficient (Wildman–Crippen LogP) is 2.87. The van der Waals surface area contributed by atoms with Gasteiger partial charge >= 0.3 is 0 Å². The number of imidazole rings is 1. The van der Waals surface area contributed by atoms with Crippen LogP contribution in [0.4, 0.5) is 10.1 Å². The van der Waals surface area contributed by atoms with Crippen molar-refractivity contribution in [3.63, 3.8) is 0 Å². The second kappa shape index (κ2) is 12.9. The number of pyridine rings is 1. The van der Waals surface area contributed by atoms with E-state index in [-0.39, 0.29) is 35.3 Å². The number of carbonyl (C=O) groups excluding carboxylic acids is 3. The molecular weight excluding hydrogens is 537 g/mol. The zero-order chi connectivity index (χ0) is 30.6. The van der Waals surface area contributed by atoms with Crippen molar-refractivity contribution < 1.29 is 18.8 Å². The fourth-order valence-corrected chi connectivity index (χ4v) is 5.25. The van der Waals surface area contributed by atoms with Gasteiger partial charge in [0.05, 0.1) is 6.04 Å². The normalized spacial score (nSPS) is 16.8. The first-order valence-corrected chi connectivity index (χ1v) is 14.4. The number of hydrogen-bond donors (Lipinski definition) is 3. The number of aromatic nitrogens is 2. The second-order valence-electron chi connectivity index (χ2n) is 12.1. The molecule has 1 aliphatic heterocycles. The molecular formula is C31H42FN7O3. The van der Waals surface area contributed by atoms with Crippen molar-refractivity contribution in [2.24, 2.45) is 5.41 Å². The maximum Gasteiger partial charge on any atom is 0.274 e. The lowest BCUT2D eigenvalue weighted by atomic mass is 9.85. The third-order valence-electron chi connectivity index (χ3n) is 7.88. The Morgan fingerprint density at radius 2 is 1.86 bits per heavy atom. The number of likely N-dealkylation sites (N-methyl/N-ethyl adjacent to an activating group) is 1. The molecule has 11 heteroatoms. The SMILES string of the molecule is CN[C@@H](C)C(=O)N[C@H](C(=O)N1CCC[C@H]1CN(CCc1ccc(F)cc1)C(=O)c1cn2cc(N)ccc2n1)C(C)(C)C. The molecule has 2 aromatic heterocycles. The highest BCUT2D eigenvalue weighted by Crippen LogP contribution is 2.27. The molecule has 1 saturated heterocycles. The third kappa shape index (κ3) is 7.25. The van der Waals surface area contributed by atoms with Crippen molar-refractivity contribution in [3.8, 4) is 0 Å². The Hall–Kier alpha value is -3.99.